The van der Waals surface area contributed by atoms with Gasteiger partial charge in [-0.1, -0.05) is 45.8 Å². The topological polar surface area (TPSA) is 12.0 Å². The standard InChI is InChI=1S/C9H12BrN/c1-7-3-5-8(6-4-7)9(10)11-2/h3-6,9,11H,1-2H3. The molecule has 0 fully saturated rings. The Hall–Kier alpha value is -0.340. The third kappa shape index (κ3) is 2.31. The van der Waals surface area contributed by atoms with Crippen molar-refractivity contribution in [3.05, 3.63) is 35.4 Å². The van der Waals surface area contributed by atoms with Gasteiger partial charge in [0, 0.05) is 0 Å². The van der Waals surface area contributed by atoms with E-state index in [4.69, 9.17) is 0 Å². The van der Waals surface area contributed by atoms with Gasteiger partial charge >= 0.3 is 0 Å². The molecule has 2 heteroatoms. The lowest BCUT2D eigenvalue weighted by Gasteiger charge is -2.07. The lowest BCUT2D eigenvalue weighted by molar-refractivity contribution is 0.808. The van der Waals surface area contributed by atoms with Crippen molar-refractivity contribution in [2.45, 2.75) is 11.9 Å². The lowest BCUT2D eigenvalue weighted by Crippen LogP contribution is -2.08. The summed E-state index contributed by atoms with van der Waals surface area (Å²) in [5.74, 6) is 0. The Morgan fingerprint density at radius 2 is 1.82 bits per heavy atom. The summed E-state index contributed by atoms with van der Waals surface area (Å²) in [6, 6.07) is 8.46. The Morgan fingerprint density at radius 3 is 2.27 bits per heavy atom. The molecule has 0 bridgehead atoms. The maximum atomic E-state index is 3.50. The summed E-state index contributed by atoms with van der Waals surface area (Å²) in [4.78, 5) is 0.267. The van der Waals surface area contributed by atoms with Gasteiger partial charge < -0.3 is 5.32 Å². The number of halogens is 1. The highest BCUT2D eigenvalue weighted by Gasteiger charge is 2.01. The highest BCUT2D eigenvalue weighted by Crippen LogP contribution is 2.18. The first kappa shape index (κ1) is 8.75. The number of benzene rings is 1. The average Bonchev–Trinajstić information content (AvgIpc) is 2.05. The molecule has 0 aliphatic rings. The highest BCUT2D eigenvalue weighted by molar-refractivity contribution is 9.09. The second-order valence-corrected chi connectivity index (χ2v) is 3.48. The van der Waals surface area contributed by atoms with Gasteiger partial charge in [0.05, 0.1) is 4.95 Å². The first-order valence-corrected chi connectivity index (χ1v) is 4.53. The minimum atomic E-state index is 0.267. The van der Waals surface area contributed by atoms with E-state index in [1.165, 1.54) is 11.1 Å². The van der Waals surface area contributed by atoms with Crippen LogP contribution in [-0.4, -0.2) is 7.05 Å². The molecule has 0 amide bonds. The van der Waals surface area contributed by atoms with Gasteiger partial charge in [-0.15, -0.1) is 0 Å². The van der Waals surface area contributed by atoms with Crippen molar-refractivity contribution in [2.75, 3.05) is 7.05 Å². The zero-order valence-corrected chi connectivity index (χ0v) is 8.35. The van der Waals surface area contributed by atoms with Gasteiger partial charge in [0.2, 0.25) is 0 Å². The van der Waals surface area contributed by atoms with Crippen molar-refractivity contribution in [3.63, 3.8) is 0 Å². The van der Waals surface area contributed by atoms with Crippen molar-refractivity contribution in [3.8, 4) is 0 Å². The monoisotopic (exact) mass is 213 g/mol. The van der Waals surface area contributed by atoms with Gasteiger partial charge in [-0.25, -0.2) is 0 Å². The fourth-order valence-electron chi connectivity index (χ4n) is 0.902. The molecule has 0 aliphatic carbocycles. The zero-order chi connectivity index (χ0) is 8.27. The smallest absolute Gasteiger partial charge is 0.0884 e. The summed E-state index contributed by atoms with van der Waals surface area (Å²) < 4.78 is 0. The molecule has 1 unspecified atom stereocenters. The number of hydrogen-bond acceptors (Lipinski definition) is 1. The molecule has 0 aromatic heterocycles. The van der Waals surface area contributed by atoms with Gasteiger partial charge in [0.25, 0.3) is 0 Å². The molecule has 0 spiro atoms. The molecule has 1 rings (SSSR count). The summed E-state index contributed by atoms with van der Waals surface area (Å²) in [7, 11) is 1.93. The summed E-state index contributed by atoms with van der Waals surface area (Å²) in [6.07, 6.45) is 0. The van der Waals surface area contributed by atoms with Gasteiger partial charge in [0.15, 0.2) is 0 Å². The predicted molar refractivity (Wildman–Crippen MR) is 51.9 cm³/mol. The third-order valence-electron chi connectivity index (χ3n) is 1.62. The van der Waals surface area contributed by atoms with E-state index in [1.807, 2.05) is 7.05 Å². The fraction of sp³-hybridized carbons (Fsp3) is 0.333. The van der Waals surface area contributed by atoms with Crippen LogP contribution in [-0.2, 0) is 0 Å². The van der Waals surface area contributed by atoms with Crippen LogP contribution in [0.2, 0.25) is 0 Å². The number of aryl methyl sites for hydroxylation is 1. The Morgan fingerprint density at radius 1 is 1.27 bits per heavy atom. The van der Waals surface area contributed by atoms with E-state index >= 15 is 0 Å². The molecule has 60 valence electrons. The summed E-state index contributed by atoms with van der Waals surface area (Å²) >= 11 is 3.50. The molecule has 0 aliphatic heterocycles. The van der Waals surface area contributed by atoms with E-state index in [0.29, 0.717) is 0 Å². The maximum absolute atomic E-state index is 3.50. The van der Waals surface area contributed by atoms with E-state index < -0.39 is 0 Å². The van der Waals surface area contributed by atoms with Crippen LogP contribution >= 0.6 is 15.9 Å². The molecule has 1 aromatic rings. The molecule has 1 N–H and O–H groups in total. The van der Waals surface area contributed by atoms with Crippen LogP contribution in [0, 0.1) is 6.92 Å². The van der Waals surface area contributed by atoms with Gasteiger partial charge in [-0.3, -0.25) is 0 Å². The van der Waals surface area contributed by atoms with Crippen molar-refractivity contribution in [1.82, 2.24) is 5.32 Å². The number of rotatable bonds is 2. The van der Waals surface area contributed by atoms with Gasteiger partial charge in [0.1, 0.15) is 0 Å². The molecule has 11 heavy (non-hydrogen) atoms. The lowest BCUT2D eigenvalue weighted by atomic mass is 10.1. The van der Waals surface area contributed by atoms with E-state index in [-0.39, 0.29) is 4.95 Å². The van der Waals surface area contributed by atoms with E-state index in [0.717, 1.165) is 0 Å². The number of hydrogen-bond donors (Lipinski definition) is 1. The summed E-state index contributed by atoms with van der Waals surface area (Å²) in [6.45, 7) is 2.09. The molecular weight excluding hydrogens is 202 g/mol. The predicted octanol–water partition coefficient (Wildman–Crippen LogP) is 2.61. The highest BCUT2D eigenvalue weighted by atomic mass is 79.9. The molecule has 1 aromatic carbocycles. The second kappa shape index (κ2) is 3.88. The van der Waals surface area contributed by atoms with E-state index in [9.17, 15) is 0 Å². The van der Waals surface area contributed by atoms with Crippen molar-refractivity contribution >= 4 is 15.9 Å². The van der Waals surface area contributed by atoms with Crippen molar-refractivity contribution in [2.24, 2.45) is 0 Å². The van der Waals surface area contributed by atoms with E-state index in [1.54, 1.807) is 0 Å². The molecule has 0 radical (unpaired) electrons. The molecule has 1 nitrogen and oxygen atoms in total. The third-order valence-corrected chi connectivity index (χ3v) is 2.61. The summed E-state index contributed by atoms with van der Waals surface area (Å²) in [5.41, 5.74) is 2.56. The molecule has 0 saturated heterocycles. The largest absolute Gasteiger partial charge is 0.304 e. The molecular formula is C9H12BrN. The van der Waals surface area contributed by atoms with Gasteiger partial charge in [-0.05, 0) is 19.5 Å². The van der Waals surface area contributed by atoms with Gasteiger partial charge in [-0.2, -0.15) is 0 Å². The minimum absolute atomic E-state index is 0.267. The first-order chi connectivity index (χ1) is 5.24. The fourth-order valence-corrected chi connectivity index (χ4v) is 1.21. The average molecular weight is 214 g/mol. The first-order valence-electron chi connectivity index (χ1n) is 3.62. The van der Waals surface area contributed by atoms with Crippen LogP contribution < -0.4 is 5.32 Å². The quantitative estimate of drug-likeness (QED) is 0.589. The SMILES string of the molecule is CNC(Br)c1ccc(C)cc1. The Kier molecular flexibility index (Phi) is 3.09. The molecule has 1 atom stereocenters. The number of alkyl halides is 1. The second-order valence-electron chi connectivity index (χ2n) is 2.56. The summed E-state index contributed by atoms with van der Waals surface area (Å²) in [5, 5.41) is 3.12. The normalized spacial score (nSPS) is 13.0. The number of nitrogens with one attached hydrogen (secondary N) is 1. The molecule has 0 saturated carbocycles. The Balaban J connectivity index is 2.81. The van der Waals surface area contributed by atoms with E-state index in [2.05, 4.69) is 52.4 Å². The van der Waals surface area contributed by atoms with Crippen LogP contribution in [0.25, 0.3) is 0 Å². The van der Waals surface area contributed by atoms with Crippen LogP contribution in [0.4, 0.5) is 0 Å². The van der Waals surface area contributed by atoms with Crippen LogP contribution in [0.5, 0.6) is 0 Å². The minimum Gasteiger partial charge on any atom is -0.304 e. The van der Waals surface area contributed by atoms with Crippen molar-refractivity contribution < 1.29 is 0 Å². The Labute approximate surface area is 75.9 Å². The van der Waals surface area contributed by atoms with Crippen molar-refractivity contribution in [1.29, 1.82) is 0 Å². The Bertz CT molecular complexity index is 218. The van der Waals surface area contributed by atoms with Crippen LogP contribution in [0.1, 0.15) is 16.1 Å². The maximum Gasteiger partial charge on any atom is 0.0884 e. The molecule has 0 heterocycles. The zero-order valence-electron chi connectivity index (χ0n) is 6.76. The van der Waals surface area contributed by atoms with Crippen LogP contribution in [0.3, 0.4) is 0 Å². The van der Waals surface area contributed by atoms with Crippen LogP contribution in [0.15, 0.2) is 24.3 Å².